The van der Waals surface area contributed by atoms with Gasteiger partial charge in [-0.05, 0) is 40.0 Å². The molecule has 1 aromatic carbocycles. The van der Waals surface area contributed by atoms with Crippen molar-refractivity contribution in [3.8, 4) is 5.75 Å². The van der Waals surface area contributed by atoms with Crippen LogP contribution in [-0.2, 0) is 4.79 Å². The van der Waals surface area contributed by atoms with Crippen LogP contribution in [0.3, 0.4) is 0 Å². The van der Waals surface area contributed by atoms with Crippen molar-refractivity contribution in [2.75, 3.05) is 26.7 Å². The molecule has 0 radical (unpaired) electrons. The lowest BCUT2D eigenvalue weighted by molar-refractivity contribution is -0.122. The minimum Gasteiger partial charge on any atom is -0.491 e. The molecule has 0 unspecified atom stereocenters. The van der Waals surface area contributed by atoms with Crippen molar-refractivity contribution in [1.82, 2.24) is 10.2 Å². The number of para-hydroxylation sites is 1. The van der Waals surface area contributed by atoms with Gasteiger partial charge < -0.3 is 10.1 Å². The molecule has 0 aliphatic carbocycles. The molecule has 116 valence electrons. The van der Waals surface area contributed by atoms with Crippen molar-refractivity contribution in [2.24, 2.45) is 0 Å². The lowest BCUT2D eigenvalue weighted by Gasteiger charge is -2.18. The molecule has 1 amide bonds. The number of hydrogen-bond donors (Lipinski definition) is 1. The Labute approximate surface area is 126 Å². The molecule has 1 N–H and O–H groups in total. The molecule has 0 bridgehead atoms. The average Bonchev–Trinajstić information content (AvgIpc) is 2.37. The van der Waals surface area contributed by atoms with Gasteiger partial charge in [0.1, 0.15) is 12.4 Å². The van der Waals surface area contributed by atoms with E-state index in [-0.39, 0.29) is 17.7 Å². The minimum absolute atomic E-state index is 0.00311. The van der Waals surface area contributed by atoms with Gasteiger partial charge in [-0.3, -0.25) is 14.5 Å². The number of ketones is 1. The number of hydrogen-bond acceptors (Lipinski definition) is 4. The number of rotatable bonds is 8. The number of amides is 1. The summed E-state index contributed by atoms with van der Waals surface area (Å²) >= 11 is 0. The first-order chi connectivity index (χ1) is 9.90. The summed E-state index contributed by atoms with van der Waals surface area (Å²) in [6, 6.07) is 7.32. The van der Waals surface area contributed by atoms with Gasteiger partial charge in [0, 0.05) is 12.6 Å². The lowest BCUT2D eigenvalue weighted by atomic mass is 10.1. The summed E-state index contributed by atoms with van der Waals surface area (Å²) in [6.45, 7) is 6.74. The van der Waals surface area contributed by atoms with E-state index in [1.54, 1.807) is 12.1 Å². The summed E-state index contributed by atoms with van der Waals surface area (Å²) in [4.78, 5) is 25.0. The van der Waals surface area contributed by atoms with Crippen LogP contribution in [0, 0.1) is 0 Å². The number of likely N-dealkylation sites (N-methyl/N-ethyl adjacent to an activating group) is 1. The fourth-order valence-corrected chi connectivity index (χ4v) is 1.89. The highest BCUT2D eigenvalue weighted by Crippen LogP contribution is 2.18. The summed E-state index contributed by atoms with van der Waals surface area (Å²) in [5.41, 5.74) is 0.581. The normalized spacial score (nSPS) is 10.8. The molecule has 0 fully saturated rings. The van der Waals surface area contributed by atoms with E-state index in [9.17, 15) is 9.59 Å². The van der Waals surface area contributed by atoms with Crippen molar-refractivity contribution in [3.05, 3.63) is 29.8 Å². The van der Waals surface area contributed by atoms with Crippen molar-refractivity contribution < 1.29 is 14.3 Å². The third-order valence-corrected chi connectivity index (χ3v) is 2.86. The topological polar surface area (TPSA) is 58.6 Å². The van der Waals surface area contributed by atoms with Crippen LogP contribution >= 0.6 is 0 Å². The summed E-state index contributed by atoms with van der Waals surface area (Å²) in [5.74, 6) is 0.567. The van der Waals surface area contributed by atoms with E-state index in [0.717, 1.165) is 0 Å². The average molecular weight is 292 g/mol. The first-order valence-electron chi connectivity index (χ1n) is 7.10. The third kappa shape index (κ3) is 6.40. The summed E-state index contributed by atoms with van der Waals surface area (Å²) < 4.78 is 5.64. The Morgan fingerprint density at radius 1 is 1.29 bits per heavy atom. The first kappa shape index (κ1) is 17.2. The Hall–Kier alpha value is -1.88. The molecule has 0 saturated carbocycles. The molecule has 1 rings (SSSR count). The lowest BCUT2D eigenvalue weighted by Crippen LogP contribution is -2.39. The number of carbonyl (C=O) groups is 2. The zero-order valence-corrected chi connectivity index (χ0v) is 13.2. The quantitative estimate of drug-likeness (QED) is 0.741. The monoisotopic (exact) mass is 292 g/mol. The molecular weight excluding hydrogens is 268 g/mol. The maximum absolute atomic E-state index is 11.6. The molecule has 0 aromatic heterocycles. The maximum atomic E-state index is 11.6. The van der Waals surface area contributed by atoms with Crippen molar-refractivity contribution in [2.45, 2.75) is 26.8 Å². The summed E-state index contributed by atoms with van der Waals surface area (Å²) in [6.07, 6.45) is 0. The molecule has 0 spiro atoms. The summed E-state index contributed by atoms with van der Waals surface area (Å²) in [7, 11) is 1.86. The Morgan fingerprint density at radius 3 is 2.57 bits per heavy atom. The zero-order valence-electron chi connectivity index (χ0n) is 13.2. The van der Waals surface area contributed by atoms with Crippen LogP contribution in [0.4, 0.5) is 0 Å². The van der Waals surface area contributed by atoms with Crippen molar-refractivity contribution in [3.63, 3.8) is 0 Å². The number of carbonyl (C=O) groups excluding carboxylic acids is 2. The molecule has 5 nitrogen and oxygen atoms in total. The van der Waals surface area contributed by atoms with Gasteiger partial charge >= 0.3 is 0 Å². The van der Waals surface area contributed by atoms with Gasteiger partial charge in [-0.1, -0.05) is 12.1 Å². The van der Waals surface area contributed by atoms with Gasteiger partial charge in [-0.15, -0.1) is 0 Å². The molecule has 0 aliphatic rings. The van der Waals surface area contributed by atoms with Gasteiger partial charge in [-0.25, -0.2) is 0 Å². The van der Waals surface area contributed by atoms with Crippen LogP contribution in [0.1, 0.15) is 31.1 Å². The molecule has 5 heteroatoms. The van der Waals surface area contributed by atoms with Crippen LogP contribution in [0.2, 0.25) is 0 Å². The first-order valence-corrected chi connectivity index (χ1v) is 7.10. The zero-order chi connectivity index (χ0) is 15.8. The predicted molar refractivity (Wildman–Crippen MR) is 82.7 cm³/mol. The molecular formula is C16H24N2O3. The van der Waals surface area contributed by atoms with Crippen molar-refractivity contribution >= 4 is 11.7 Å². The van der Waals surface area contributed by atoms with E-state index < -0.39 is 0 Å². The molecule has 0 saturated heterocycles. The second kappa shape index (κ2) is 8.42. The fourth-order valence-electron chi connectivity index (χ4n) is 1.89. The Kier molecular flexibility index (Phi) is 6.88. The Morgan fingerprint density at radius 2 is 1.95 bits per heavy atom. The van der Waals surface area contributed by atoms with E-state index >= 15 is 0 Å². The van der Waals surface area contributed by atoms with E-state index in [4.69, 9.17) is 4.74 Å². The highest BCUT2D eigenvalue weighted by atomic mass is 16.5. The molecule has 0 aliphatic heterocycles. The molecule has 0 atom stereocenters. The SMILES string of the molecule is CC(=O)c1ccccc1OCCN(C)CC(=O)NC(C)C. The summed E-state index contributed by atoms with van der Waals surface area (Å²) in [5, 5.41) is 2.84. The van der Waals surface area contributed by atoms with Gasteiger partial charge in [0.15, 0.2) is 5.78 Å². The second-order valence-corrected chi connectivity index (χ2v) is 5.36. The van der Waals surface area contributed by atoms with Gasteiger partial charge in [0.05, 0.1) is 12.1 Å². The molecule has 1 aromatic rings. The number of nitrogens with one attached hydrogen (secondary N) is 1. The van der Waals surface area contributed by atoms with Crippen LogP contribution < -0.4 is 10.1 Å². The van der Waals surface area contributed by atoms with Crippen LogP contribution in [0.15, 0.2) is 24.3 Å². The van der Waals surface area contributed by atoms with Gasteiger partial charge in [-0.2, -0.15) is 0 Å². The van der Waals surface area contributed by atoms with Crippen molar-refractivity contribution in [1.29, 1.82) is 0 Å². The highest BCUT2D eigenvalue weighted by molar-refractivity contribution is 5.96. The van der Waals surface area contributed by atoms with Crippen LogP contribution in [0.25, 0.3) is 0 Å². The van der Waals surface area contributed by atoms with E-state index in [1.165, 1.54) is 6.92 Å². The largest absolute Gasteiger partial charge is 0.491 e. The number of Topliss-reactive ketones (excluding diaryl/α,β-unsaturated/α-hetero) is 1. The molecule has 21 heavy (non-hydrogen) atoms. The number of nitrogens with zero attached hydrogens (tertiary/aromatic N) is 1. The second-order valence-electron chi connectivity index (χ2n) is 5.36. The van der Waals surface area contributed by atoms with Crippen LogP contribution in [-0.4, -0.2) is 49.4 Å². The fraction of sp³-hybridized carbons (Fsp3) is 0.500. The smallest absolute Gasteiger partial charge is 0.234 e. The predicted octanol–water partition coefficient (Wildman–Crippen LogP) is 1.72. The number of benzene rings is 1. The highest BCUT2D eigenvalue weighted by Gasteiger charge is 2.09. The maximum Gasteiger partial charge on any atom is 0.234 e. The van der Waals surface area contributed by atoms with E-state index in [2.05, 4.69) is 5.32 Å². The third-order valence-electron chi connectivity index (χ3n) is 2.86. The van der Waals surface area contributed by atoms with E-state index in [0.29, 0.717) is 31.0 Å². The minimum atomic E-state index is -0.0183. The Bertz CT molecular complexity index is 486. The van der Waals surface area contributed by atoms with E-state index in [1.807, 2.05) is 37.9 Å². The van der Waals surface area contributed by atoms with Crippen LogP contribution in [0.5, 0.6) is 5.75 Å². The number of ether oxygens (including phenoxy) is 1. The Balaban J connectivity index is 2.40. The standard InChI is InChI=1S/C16H24N2O3/c1-12(2)17-16(20)11-18(4)9-10-21-15-8-6-5-7-14(15)13(3)19/h5-8,12H,9-11H2,1-4H3,(H,17,20). The van der Waals surface area contributed by atoms with Gasteiger partial charge in [0.2, 0.25) is 5.91 Å². The van der Waals surface area contributed by atoms with Gasteiger partial charge in [0.25, 0.3) is 0 Å². The molecule has 0 heterocycles.